The molecule has 0 aliphatic carbocycles. The Bertz CT molecular complexity index is 584. The topological polar surface area (TPSA) is 42.7 Å². The number of furan rings is 1. The normalized spacial score (nSPS) is 11.2. The van der Waals surface area contributed by atoms with Gasteiger partial charge in [0.2, 0.25) is 5.76 Å². The molecule has 0 unspecified atom stereocenters. The summed E-state index contributed by atoms with van der Waals surface area (Å²) in [6, 6.07) is 7.62. The average molecular weight is 275 g/mol. The number of esters is 1. The van der Waals surface area contributed by atoms with E-state index in [9.17, 15) is 4.79 Å². The first-order valence-electron chi connectivity index (χ1n) is 7.05. The van der Waals surface area contributed by atoms with E-state index >= 15 is 0 Å². The lowest BCUT2D eigenvalue weighted by molar-refractivity contribution is 0.0432. The summed E-state index contributed by atoms with van der Waals surface area (Å²) in [5.74, 6) is -0.0726. The first kappa shape index (κ1) is 14.6. The van der Waals surface area contributed by atoms with Crippen LogP contribution < -0.4 is 0 Å². The molecule has 20 heavy (non-hydrogen) atoms. The van der Waals surface area contributed by atoms with Crippen LogP contribution in [0.1, 0.15) is 30.0 Å². The Balaban J connectivity index is 2.03. The van der Waals surface area contributed by atoms with Crippen molar-refractivity contribution in [3.05, 3.63) is 35.6 Å². The van der Waals surface area contributed by atoms with Crippen LogP contribution in [0.5, 0.6) is 0 Å². The third kappa shape index (κ3) is 3.02. The van der Waals surface area contributed by atoms with Crippen LogP contribution in [-0.2, 0) is 4.74 Å². The van der Waals surface area contributed by atoms with Crippen LogP contribution in [0, 0.1) is 6.92 Å². The van der Waals surface area contributed by atoms with Gasteiger partial charge in [0.05, 0.1) is 0 Å². The van der Waals surface area contributed by atoms with Gasteiger partial charge in [-0.1, -0.05) is 32.0 Å². The van der Waals surface area contributed by atoms with E-state index in [0.717, 1.165) is 36.2 Å². The van der Waals surface area contributed by atoms with Crippen molar-refractivity contribution < 1.29 is 13.9 Å². The van der Waals surface area contributed by atoms with Crippen molar-refractivity contribution in [2.75, 3.05) is 26.2 Å². The molecule has 0 N–H and O–H groups in total. The summed E-state index contributed by atoms with van der Waals surface area (Å²) in [5.41, 5.74) is 1.56. The van der Waals surface area contributed by atoms with E-state index in [1.54, 1.807) is 0 Å². The van der Waals surface area contributed by atoms with E-state index < -0.39 is 0 Å². The van der Waals surface area contributed by atoms with Crippen LogP contribution in [0.25, 0.3) is 11.0 Å². The fourth-order valence-electron chi connectivity index (χ4n) is 2.24. The van der Waals surface area contributed by atoms with Gasteiger partial charge in [-0.2, -0.15) is 0 Å². The maximum absolute atomic E-state index is 12.1. The summed E-state index contributed by atoms with van der Waals surface area (Å²) in [7, 11) is 0. The van der Waals surface area contributed by atoms with Gasteiger partial charge >= 0.3 is 5.97 Å². The number of likely N-dealkylation sites (N-methyl/N-ethyl adjacent to an activating group) is 1. The zero-order valence-corrected chi connectivity index (χ0v) is 12.3. The molecule has 0 saturated heterocycles. The monoisotopic (exact) mass is 275 g/mol. The SMILES string of the molecule is CCN(CC)CCOC(=O)c1oc2ccccc2c1C. The summed E-state index contributed by atoms with van der Waals surface area (Å²) in [5, 5.41) is 0.961. The largest absolute Gasteiger partial charge is 0.458 e. The lowest BCUT2D eigenvalue weighted by Gasteiger charge is -2.17. The molecule has 2 rings (SSSR count). The van der Waals surface area contributed by atoms with Crippen molar-refractivity contribution in [1.29, 1.82) is 0 Å². The standard InChI is InChI=1S/C16H21NO3/c1-4-17(5-2)10-11-19-16(18)15-12(3)13-8-6-7-9-14(13)20-15/h6-9H,4-5,10-11H2,1-3H3. The third-order valence-corrected chi connectivity index (χ3v) is 3.56. The van der Waals surface area contributed by atoms with Crippen molar-refractivity contribution in [3.8, 4) is 0 Å². The summed E-state index contributed by atoms with van der Waals surface area (Å²) in [6.07, 6.45) is 0. The number of fused-ring (bicyclic) bond motifs is 1. The number of aryl methyl sites for hydroxylation is 1. The Hall–Kier alpha value is -1.81. The number of benzene rings is 1. The van der Waals surface area contributed by atoms with Gasteiger partial charge in [-0.25, -0.2) is 4.79 Å². The van der Waals surface area contributed by atoms with Crippen molar-refractivity contribution in [1.82, 2.24) is 4.90 Å². The van der Waals surface area contributed by atoms with Gasteiger partial charge < -0.3 is 14.1 Å². The molecule has 0 bridgehead atoms. The van der Waals surface area contributed by atoms with Crippen molar-refractivity contribution in [2.45, 2.75) is 20.8 Å². The number of nitrogens with zero attached hydrogens (tertiary/aromatic N) is 1. The van der Waals surface area contributed by atoms with Gasteiger partial charge in [0, 0.05) is 17.5 Å². The first-order chi connectivity index (χ1) is 9.67. The second kappa shape index (κ2) is 6.57. The first-order valence-corrected chi connectivity index (χ1v) is 7.05. The molecule has 108 valence electrons. The number of hydrogen-bond donors (Lipinski definition) is 0. The Morgan fingerprint density at radius 2 is 1.95 bits per heavy atom. The highest BCUT2D eigenvalue weighted by Gasteiger charge is 2.18. The summed E-state index contributed by atoms with van der Waals surface area (Å²) in [6.45, 7) is 9.11. The van der Waals surface area contributed by atoms with Crippen molar-refractivity contribution in [3.63, 3.8) is 0 Å². The third-order valence-electron chi connectivity index (χ3n) is 3.56. The molecule has 4 heteroatoms. The summed E-state index contributed by atoms with van der Waals surface area (Å²) in [4.78, 5) is 14.3. The van der Waals surface area contributed by atoms with Crippen LogP contribution in [0.4, 0.5) is 0 Å². The van der Waals surface area contributed by atoms with E-state index in [-0.39, 0.29) is 5.97 Å². The second-order valence-corrected chi connectivity index (χ2v) is 4.72. The smallest absolute Gasteiger partial charge is 0.374 e. The number of ether oxygens (including phenoxy) is 1. The molecular formula is C16H21NO3. The van der Waals surface area contributed by atoms with E-state index in [4.69, 9.17) is 9.15 Å². The molecule has 0 atom stereocenters. The molecule has 0 radical (unpaired) electrons. The highest BCUT2D eigenvalue weighted by Crippen LogP contribution is 2.25. The minimum absolute atomic E-state index is 0.311. The highest BCUT2D eigenvalue weighted by atomic mass is 16.5. The zero-order chi connectivity index (χ0) is 14.5. The molecule has 2 aromatic rings. The van der Waals surface area contributed by atoms with E-state index in [0.29, 0.717) is 12.4 Å². The molecule has 0 spiro atoms. The van der Waals surface area contributed by atoms with Crippen molar-refractivity contribution in [2.24, 2.45) is 0 Å². The molecule has 0 amide bonds. The number of carbonyl (C=O) groups is 1. The quantitative estimate of drug-likeness (QED) is 0.759. The number of hydrogen-bond acceptors (Lipinski definition) is 4. The molecule has 0 saturated carbocycles. The summed E-state index contributed by atoms with van der Waals surface area (Å²) < 4.78 is 10.9. The molecule has 1 aromatic carbocycles. The van der Waals surface area contributed by atoms with E-state index in [1.807, 2.05) is 31.2 Å². The van der Waals surface area contributed by atoms with Crippen LogP contribution in [0.2, 0.25) is 0 Å². The van der Waals surface area contributed by atoms with Gasteiger partial charge in [0.25, 0.3) is 0 Å². The molecule has 0 aliphatic rings. The van der Waals surface area contributed by atoms with Crippen LogP contribution in [-0.4, -0.2) is 37.1 Å². The van der Waals surface area contributed by atoms with E-state index in [1.165, 1.54) is 0 Å². The molecular weight excluding hydrogens is 254 g/mol. The molecule has 1 heterocycles. The lowest BCUT2D eigenvalue weighted by Crippen LogP contribution is -2.27. The van der Waals surface area contributed by atoms with Gasteiger partial charge in [0.15, 0.2) is 0 Å². The van der Waals surface area contributed by atoms with Crippen LogP contribution in [0.3, 0.4) is 0 Å². The fourth-order valence-corrected chi connectivity index (χ4v) is 2.24. The average Bonchev–Trinajstić information content (AvgIpc) is 2.81. The molecule has 0 fully saturated rings. The van der Waals surface area contributed by atoms with Gasteiger partial charge in [-0.15, -0.1) is 0 Å². The molecule has 1 aromatic heterocycles. The van der Waals surface area contributed by atoms with Gasteiger partial charge in [-0.05, 0) is 26.1 Å². The number of carbonyl (C=O) groups excluding carboxylic acids is 1. The highest BCUT2D eigenvalue weighted by molar-refractivity contribution is 5.95. The fraction of sp³-hybridized carbons (Fsp3) is 0.438. The minimum atomic E-state index is -0.383. The molecule has 0 aliphatic heterocycles. The number of rotatable bonds is 6. The van der Waals surface area contributed by atoms with Gasteiger partial charge in [-0.3, -0.25) is 0 Å². The molecule has 4 nitrogen and oxygen atoms in total. The second-order valence-electron chi connectivity index (χ2n) is 4.72. The van der Waals surface area contributed by atoms with Crippen LogP contribution >= 0.6 is 0 Å². The number of para-hydroxylation sites is 1. The van der Waals surface area contributed by atoms with Crippen molar-refractivity contribution >= 4 is 16.9 Å². The minimum Gasteiger partial charge on any atom is -0.458 e. The Kier molecular flexibility index (Phi) is 4.79. The van der Waals surface area contributed by atoms with E-state index in [2.05, 4.69) is 18.7 Å². The summed E-state index contributed by atoms with van der Waals surface area (Å²) >= 11 is 0. The maximum Gasteiger partial charge on any atom is 0.374 e. The maximum atomic E-state index is 12.1. The Morgan fingerprint density at radius 1 is 1.25 bits per heavy atom. The van der Waals surface area contributed by atoms with Gasteiger partial charge in [0.1, 0.15) is 12.2 Å². The zero-order valence-electron chi connectivity index (χ0n) is 12.3. The van der Waals surface area contributed by atoms with Crippen LogP contribution in [0.15, 0.2) is 28.7 Å². The predicted octanol–water partition coefficient (Wildman–Crippen LogP) is 3.24. The lowest BCUT2D eigenvalue weighted by atomic mass is 10.1. The Labute approximate surface area is 119 Å². The Morgan fingerprint density at radius 3 is 2.60 bits per heavy atom. The predicted molar refractivity (Wildman–Crippen MR) is 79.0 cm³/mol.